The van der Waals surface area contributed by atoms with Crippen LogP contribution in [-0.4, -0.2) is 44.4 Å². The average molecular weight is 298 g/mol. The van der Waals surface area contributed by atoms with E-state index in [1.807, 2.05) is 18.2 Å². The molecule has 4 heteroatoms. The first-order valence-corrected chi connectivity index (χ1v) is 7.88. The van der Waals surface area contributed by atoms with Gasteiger partial charge in [-0.2, -0.15) is 0 Å². The summed E-state index contributed by atoms with van der Waals surface area (Å²) in [5.74, 6) is 0.928. The maximum absolute atomic E-state index is 6.09. The van der Waals surface area contributed by atoms with Gasteiger partial charge < -0.3 is 9.47 Å². The molecule has 1 aliphatic rings. The van der Waals surface area contributed by atoms with Gasteiger partial charge in [0.1, 0.15) is 5.75 Å². The molecule has 0 saturated carbocycles. The third-order valence-electron chi connectivity index (χ3n) is 3.64. The van der Waals surface area contributed by atoms with E-state index in [0.29, 0.717) is 0 Å². The number of morpholine rings is 1. The lowest BCUT2D eigenvalue weighted by Gasteiger charge is -2.26. The molecule has 0 unspecified atom stereocenters. The molecule has 1 aliphatic heterocycles. The van der Waals surface area contributed by atoms with Crippen LogP contribution in [0.25, 0.3) is 0 Å². The summed E-state index contributed by atoms with van der Waals surface area (Å²) in [5, 5.41) is 0.826. The largest absolute Gasteiger partial charge is 0.494 e. The van der Waals surface area contributed by atoms with Crippen LogP contribution in [0.15, 0.2) is 18.2 Å². The van der Waals surface area contributed by atoms with Crippen LogP contribution >= 0.6 is 11.6 Å². The van der Waals surface area contributed by atoms with Crippen LogP contribution in [0.3, 0.4) is 0 Å². The van der Waals surface area contributed by atoms with Crippen LogP contribution in [-0.2, 0) is 11.2 Å². The Morgan fingerprint density at radius 1 is 1.25 bits per heavy atom. The monoisotopic (exact) mass is 297 g/mol. The summed E-state index contributed by atoms with van der Waals surface area (Å²) in [6, 6.07) is 5.91. The number of halogens is 1. The minimum absolute atomic E-state index is 0.773. The summed E-state index contributed by atoms with van der Waals surface area (Å²) in [4.78, 5) is 2.46. The predicted octanol–water partition coefficient (Wildman–Crippen LogP) is 3.39. The molecule has 0 aromatic heterocycles. The van der Waals surface area contributed by atoms with Gasteiger partial charge in [0.15, 0.2) is 0 Å². The van der Waals surface area contributed by atoms with Crippen LogP contribution in [0.5, 0.6) is 5.75 Å². The summed E-state index contributed by atoms with van der Waals surface area (Å²) in [5.41, 5.74) is 1.15. The van der Waals surface area contributed by atoms with Gasteiger partial charge in [-0.15, -0.1) is 0 Å². The van der Waals surface area contributed by atoms with Gasteiger partial charge in [-0.1, -0.05) is 18.5 Å². The van der Waals surface area contributed by atoms with Gasteiger partial charge in [0.2, 0.25) is 0 Å². The molecule has 1 heterocycles. The molecule has 1 saturated heterocycles. The van der Waals surface area contributed by atoms with Crippen molar-refractivity contribution in [2.45, 2.75) is 26.2 Å². The Balaban J connectivity index is 1.63. The van der Waals surface area contributed by atoms with E-state index < -0.39 is 0 Å². The number of hydrogen-bond acceptors (Lipinski definition) is 3. The molecule has 0 N–H and O–H groups in total. The molecule has 0 aliphatic carbocycles. The zero-order valence-corrected chi connectivity index (χ0v) is 13.0. The molecule has 3 nitrogen and oxygen atoms in total. The van der Waals surface area contributed by atoms with Crippen LogP contribution < -0.4 is 4.74 Å². The fourth-order valence-electron chi connectivity index (χ4n) is 2.36. The normalized spacial score (nSPS) is 16.3. The van der Waals surface area contributed by atoms with Crippen LogP contribution in [0.2, 0.25) is 5.02 Å². The van der Waals surface area contributed by atoms with Gasteiger partial charge in [0, 0.05) is 18.1 Å². The Bertz CT molecular complexity index is 405. The Kier molecular flexibility index (Phi) is 6.64. The lowest BCUT2D eigenvalue weighted by Crippen LogP contribution is -2.36. The number of unbranched alkanes of at least 4 members (excludes halogenated alkanes) is 1. The van der Waals surface area contributed by atoms with Gasteiger partial charge in [-0.25, -0.2) is 0 Å². The zero-order valence-electron chi connectivity index (χ0n) is 12.2. The fourth-order valence-corrected chi connectivity index (χ4v) is 2.62. The van der Waals surface area contributed by atoms with Crippen molar-refractivity contribution >= 4 is 11.6 Å². The second-order valence-corrected chi connectivity index (χ2v) is 5.52. The molecule has 0 bridgehead atoms. The number of hydrogen-bond donors (Lipinski definition) is 0. The quantitative estimate of drug-likeness (QED) is 0.720. The van der Waals surface area contributed by atoms with Crippen LogP contribution in [0.1, 0.15) is 25.3 Å². The first-order valence-electron chi connectivity index (χ1n) is 7.51. The smallest absolute Gasteiger partial charge is 0.119 e. The van der Waals surface area contributed by atoms with E-state index in [9.17, 15) is 0 Å². The first kappa shape index (κ1) is 15.6. The molecule has 1 aromatic rings. The van der Waals surface area contributed by atoms with E-state index in [1.165, 1.54) is 6.42 Å². The average Bonchev–Trinajstić information content (AvgIpc) is 2.49. The standard InChI is InChI=1S/C16H24ClNO2/c1-2-14-13-15(5-6-16(14)17)20-10-4-3-7-18-8-11-19-12-9-18/h5-6,13H,2-4,7-12H2,1H3. The highest BCUT2D eigenvalue weighted by Gasteiger charge is 2.09. The molecular weight excluding hydrogens is 274 g/mol. The van der Waals surface area contributed by atoms with Crippen molar-refractivity contribution in [1.29, 1.82) is 0 Å². The molecule has 112 valence electrons. The molecule has 0 amide bonds. The summed E-state index contributed by atoms with van der Waals surface area (Å²) in [7, 11) is 0. The SMILES string of the molecule is CCc1cc(OCCCCN2CCOCC2)ccc1Cl. The minimum Gasteiger partial charge on any atom is -0.494 e. The van der Waals surface area contributed by atoms with Crippen molar-refractivity contribution in [1.82, 2.24) is 4.90 Å². The van der Waals surface area contributed by atoms with E-state index in [2.05, 4.69) is 11.8 Å². The predicted molar refractivity (Wildman–Crippen MR) is 82.8 cm³/mol. The molecule has 0 radical (unpaired) electrons. The van der Waals surface area contributed by atoms with Crippen molar-refractivity contribution in [2.24, 2.45) is 0 Å². The van der Waals surface area contributed by atoms with Crippen molar-refractivity contribution < 1.29 is 9.47 Å². The lowest BCUT2D eigenvalue weighted by atomic mass is 10.1. The summed E-state index contributed by atoms with van der Waals surface area (Å²) >= 11 is 6.09. The number of ether oxygens (including phenoxy) is 2. The summed E-state index contributed by atoms with van der Waals surface area (Å²) in [6.07, 6.45) is 3.20. The van der Waals surface area contributed by atoms with E-state index in [0.717, 1.165) is 68.6 Å². The van der Waals surface area contributed by atoms with Crippen LogP contribution in [0.4, 0.5) is 0 Å². The Hall–Kier alpha value is -0.770. The summed E-state index contributed by atoms with van der Waals surface area (Å²) in [6.45, 7) is 7.91. The van der Waals surface area contributed by atoms with Gasteiger partial charge in [0.05, 0.1) is 19.8 Å². The molecule has 1 aromatic carbocycles. The Labute approximate surface area is 126 Å². The van der Waals surface area contributed by atoms with Crippen molar-refractivity contribution in [2.75, 3.05) is 39.5 Å². The zero-order chi connectivity index (χ0) is 14.2. The van der Waals surface area contributed by atoms with E-state index in [4.69, 9.17) is 21.1 Å². The maximum atomic E-state index is 6.09. The number of rotatable bonds is 7. The van der Waals surface area contributed by atoms with E-state index >= 15 is 0 Å². The minimum atomic E-state index is 0.773. The second kappa shape index (κ2) is 8.50. The molecule has 0 spiro atoms. The molecular formula is C16H24ClNO2. The van der Waals surface area contributed by atoms with Crippen molar-refractivity contribution in [3.63, 3.8) is 0 Å². The molecule has 0 atom stereocenters. The molecule has 20 heavy (non-hydrogen) atoms. The Morgan fingerprint density at radius 3 is 2.80 bits per heavy atom. The Morgan fingerprint density at radius 2 is 2.05 bits per heavy atom. The van der Waals surface area contributed by atoms with Gasteiger partial charge in [0.25, 0.3) is 0 Å². The highest BCUT2D eigenvalue weighted by molar-refractivity contribution is 6.31. The maximum Gasteiger partial charge on any atom is 0.119 e. The summed E-state index contributed by atoms with van der Waals surface area (Å²) < 4.78 is 11.1. The number of aryl methyl sites for hydroxylation is 1. The van der Waals surface area contributed by atoms with E-state index in [1.54, 1.807) is 0 Å². The van der Waals surface area contributed by atoms with E-state index in [-0.39, 0.29) is 0 Å². The highest BCUT2D eigenvalue weighted by Crippen LogP contribution is 2.22. The van der Waals surface area contributed by atoms with Gasteiger partial charge >= 0.3 is 0 Å². The third kappa shape index (κ3) is 4.97. The first-order chi connectivity index (χ1) is 9.79. The third-order valence-corrected chi connectivity index (χ3v) is 4.01. The number of benzene rings is 1. The molecule has 2 rings (SSSR count). The number of nitrogens with zero attached hydrogens (tertiary/aromatic N) is 1. The van der Waals surface area contributed by atoms with Crippen molar-refractivity contribution in [3.8, 4) is 5.75 Å². The van der Waals surface area contributed by atoms with Gasteiger partial charge in [-0.3, -0.25) is 4.90 Å². The highest BCUT2D eigenvalue weighted by atomic mass is 35.5. The topological polar surface area (TPSA) is 21.7 Å². The lowest BCUT2D eigenvalue weighted by molar-refractivity contribution is 0.0368. The van der Waals surface area contributed by atoms with Crippen molar-refractivity contribution in [3.05, 3.63) is 28.8 Å². The second-order valence-electron chi connectivity index (χ2n) is 5.12. The van der Waals surface area contributed by atoms with Crippen LogP contribution in [0, 0.1) is 0 Å². The fraction of sp³-hybridized carbons (Fsp3) is 0.625. The van der Waals surface area contributed by atoms with Gasteiger partial charge in [-0.05, 0) is 49.6 Å². The molecule has 1 fully saturated rings.